The molecule has 0 aromatic heterocycles. The van der Waals surface area contributed by atoms with Gasteiger partial charge in [0.25, 0.3) is 11.6 Å². The van der Waals surface area contributed by atoms with Crippen molar-refractivity contribution in [2.45, 2.75) is 25.8 Å². The fraction of sp³-hybridized carbons (Fsp3) is 0.417. The maximum absolute atomic E-state index is 12.0. The van der Waals surface area contributed by atoms with Gasteiger partial charge in [0.05, 0.1) is 4.92 Å². The van der Waals surface area contributed by atoms with Gasteiger partial charge in [0.2, 0.25) is 0 Å². The summed E-state index contributed by atoms with van der Waals surface area (Å²) >= 11 is 5.76. The SMILES string of the molecule is CCCC(CN)NC(=O)c1cc(Cl)cc([N+](=O)[O-])c1. The van der Waals surface area contributed by atoms with Crippen molar-refractivity contribution in [2.24, 2.45) is 5.73 Å². The number of halogens is 1. The van der Waals surface area contributed by atoms with Gasteiger partial charge in [-0.2, -0.15) is 0 Å². The van der Waals surface area contributed by atoms with E-state index in [1.807, 2.05) is 6.92 Å². The predicted molar refractivity (Wildman–Crippen MR) is 73.3 cm³/mol. The summed E-state index contributed by atoms with van der Waals surface area (Å²) in [4.78, 5) is 22.1. The monoisotopic (exact) mass is 285 g/mol. The zero-order valence-corrected chi connectivity index (χ0v) is 11.3. The molecule has 1 aromatic rings. The standard InChI is InChI=1S/C12H16ClN3O3/c1-2-3-10(7-14)15-12(17)8-4-9(13)6-11(5-8)16(18)19/h4-6,10H,2-3,7,14H2,1H3,(H,15,17). The summed E-state index contributed by atoms with van der Waals surface area (Å²) in [7, 11) is 0. The number of nitrogens with one attached hydrogen (secondary N) is 1. The smallest absolute Gasteiger partial charge is 0.271 e. The van der Waals surface area contributed by atoms with Crippen LogP contribution in [0.15, 0.2) is 18.2 Å². The van der Waals surface area contributed by atoms with E-state index in [9.17, 15) is 14.9 Å². The van der Waals surface area contributed by atoms with Crippen LogP contribution >= 0.6 is 11.6 Å². The number of nitrogens with zero attached hydrogens (tertiary/aromatic N) is 1. The van der Waals surface area contributed by atoms with Gasteiger partial charge in [0.1, 0.15) is 0 Å². The highest BCUT2D eigenvalue weighted by Gasteiger charge is 2.16. The van der Waals surface area contributed by atoms with E-state index >= 15 is 0 Å². The van der Waals surface area contributed by atoms with Gasteiger partial charge in [0.15, 0.2) is 0 Å². The summed E-state index contributed by atoms with van der Waals surface area (Å²) in [6.07, 6.45) is 1.64. The molecule has 0 spiro atoms. The van der Waals surface area contributed by atoms with Gasteiger partial charge in [-0.15, -0.1) is 0 Å². The van der Waals surface area contributed by atoms with Gasteiger partial charge in [-0.25, -0.2) is 0 Å². The maximum Gasteiger partial charge on any atom is 0.271 e. The minimum Gasteiger partial charge on any atom is -0.348 e. The number of rotatable bonds is 6. The van der Waals surface area contributed by atoms with Crippen LogP contribution in [0, 0.1) is 10.1 Å². The lowest BCUT2D eigenvalue weighted by atomic mass is 10.1. The summed E-state index contributed by atoms with van der Waals surface area (Å²) in [5.41, 5.74) is 5.49. The van der Waals surface area contributed by atoms with Crippen LogP contribution in [-0.4, -0.2) is 23.4 Å². The van der Waals surface area contributed by atoms with Crippen LogP contribution in [-0.2, 0) is 0 Å². The number of nitro groups is 1. The molecule has 7 heteroatoms. The van der Waals surface area contributed by atoms with Crippen molar-refractivity contribution in [3.63, 3.8) is 0 Å². The third-order valence-corrected chi connectivity index (χ3v) is 2.83. The number of nitrogens with two attached hydrogens (primary N) is 1. The van der Waals surface area contributed by atoms with Crippen LogP contribution in [0.25, 0.3) is 0 Å². The Kier molecular flexibility index (Phi) is 5.72. The van der Waals surface area contributed by atoms with Gasteiger partial charge in [0, 0.05) is 35.3 Å². The van der Waals surface area contributed by atoms with E-state index in [0.717, 1.165) is 12.8 Å². The van der Waals surface area contributed by atoms with Gasteiger partial charge >= 0.3 is 0 Å². The van der Waals surface area contributed by atoms with E-state index in [1.54, 1.807) is 0 Å². The Bertz CT molecular complexity index is 479. The summed E-state index contributed by atoms with van der Waals surface area (Å²) < 4.78 is 0. The van der Waals surface area contributed by atoms with Crippen LogP contribution in [0.1, 0.15) is 30.1 Å². The Balaban J connectivity index is 2.90. The fourth-order valence-electron chi connectivity index (χ4n) is 1.68. The summed E-state index contributed by atoms with van der Waals surface area (Å²) in [6.45, 7) is 2.31. The Labute approximate surface area is 116 Å². The lowest BCUT2D eigenvalue weighted by molar-refractivity contribution is -0.384. The molecule has 0 aliphatic heterocycles. The fourth-order valence-corrected chi connectivity index (χ4v) is 1.91. The third-order valence-electron chi connectivity index (χ3n) is 2.61. The minimum absolute atomic E-state index is 0.143. The molecular weight excluding hydrogens is 270 g/mol. The molecule has 1 unspecified atom stereocenters. The normalized spacial score (nSPS) is 11.9. The Morgan fingerprint density at radius 3 is 2.74 bits per heavy atom. The van der Waals surface area contributed by atoms with Gasteiger partial charge in [-0.05, 0) is 12.5 Å². The minimum atomic E-state index is -0.588. The van der Waals surface area contributed by atoms with E-state index < -0.39 is 10.8 Å². The van der Waals surface area contributed by atoms with Gasteiger partial charge in [-0.3, -0.25) is 14.9 Å². The molecule has 0 heterocycles. The van der Waals surface area contributed by atoms with Gasteiger partial charge in [-0.1, -0.05) is 24.9 Å². The van der Waals surface area contributed by atoms with E-state index in [-0.39, 0.29) is 22.3 Å². The van der Waals surface area contributed by atoms with Crippen molar-refractivity contribution in [2.75, 3.05) is 6.54 Å². The van der Waals surface area contributed by atoms with Crippen molar-refractivity contribution < 1.29 is 9.72 Å². The second kappa shape index (κ2) is 7.06. The molecule has 0 aliphatic carbocycles. The zero-order valence-electron chi connectivity index (χ0n) is 10.6. The lowest BCUT2D eigenvalue weighted by Gasteiger charge is -2.15. The second-order valence-electron chi connectivity index (χ2n) is 4.15. The van der Waals surface area contributed by atoms with Crippen LogP contribution in [0.4, 0.5) is 5.69 Å². The molecule has 6 nitrogen and oxygen atoms in total. The van der Waals surface area contributed by atoms with Crippen molar-refractivity contribution in [3.05, 3.63) is 38.9 Å². The molecule has 0 radical (unpaired) electrons. The molecule has 0 bridgehead atoms. The first-order valence-corrected chi connectivity index (χ1v) is 6.31. The van der Waals surface area contributed by atoms with Crippen LogP contribution in [0.5, 0.6) is 0 Å². The van der Waals surface area contributed by atoms with E-state index in [2.05, 4.69) is 5.32 Å². The maximum atomic E-state index is 12.0. The number of hydrogen-bond donors (Lipinski definition) is 2. The molecule has 1 aromatic carbocycles. The summed E-state index contributed by atoms with van der Waals surface area (Å²) in [5, 5.41) is 13.6. The number of amides is 1. The molecule has 0 saturated heterocycles. The van der Waals surface area contributed by atoms with Crippen LogP contribution < -0.4 is 11.1 Å². The zero-order chi connectivity index (χ0) is 14.4. The van der Waals surface area contributed by atoms with E-state index in [0.29, 0.717) is 6.54 Å². The molecular formula is C12H16ClN3O3. The lowest BCUT2D eigenvalue weighted by Crippen LogP contribution is -2.40. The molecule has 3 N–H and O–H groups in total. The molecule has 1 amide bonds. The number of carbonyl (C=O) groups is 1. The highest BCUT2D eigenvalue weighted by molar-refractivity contribution is 6.31. The van der Waals surface area contributed by atoms with Crippen LogP contribution in [0.3, 0.4) is 0 Å². The van der Waals surface area contributed by atoms with Crippen molar-refractivity contribution in [3.8, 4) is 0 Å². The van der Waals surface area contributed by atoms with Crippen molar-refractivity contribution >= 4 is 23.2 Å². The number of nitro benzene ring substituents is 1. The number of non-ortho nitro benzene ring substituents is 1. The van der Waals surface area contributed by atoms with Gasteiger partial charge < -0.3 is 11.1 Å². The first-order valence-electron chi connectivity index (χ1n) is 5.93. The number of carbonyl (C=O) groups excluding carboxylic acids is 1. The molecule has 0 saturated carbocycles. The Hall–Kier alpha value is -1.66. The topological polar surface area (TPSA) is 98.3 Å². The molecule has 0 fully saturated rings. The first-order chi connectivity index (χ1) is 8.97. The molecule has 19 heavy (non-hydrogen) atoms. The molecule has 0 aliphatic rings. The highest BCUT2D eigenvalue weighted by Crippen LogP contribution is 2.21. The van der Waals surface area contributed by atoms with E-state index in [4.69, 9.17) is 17.3 Å². The largest absolute Gasteiger partial charge is 0.348 e. The average Bonchev–Trinajstić information content (AvgIpc) is 2.37. The summed E-state index contributed by atoms with van der Waals surface area (Å²) in [5.74, 6) is -0.408. The summed E-state index contributed by atoms with van der Waals surface area (Å²) in [6, 6.07) is 3.64. The highest BCUT2D eigenvalue weighted by atomic mass is 35.5. The van der Waals surface area contributed by atoms with Crippen molar-refractivity contribution in [1.29, 1.82) is 0 Å². The quantitative estimate of drug-likeness (QED) is 0.617. The van der Waals surface area contributed by atoms with E-state index in [1.165, 1.54) is 18.2 Å². The predicted octanol–water partition coefficient (Wildman–Crippen LogP) is 2.11. The number of hydrogen-bond acceptors (Lipinski definition) is 4. The Morgan fingerprint density at radius 2 is 2.21 bits per heavy atom. The molecule has 104 valence electrons. The molecule has 1 atom stereocenters. The van der Waals surface area contributed by atoms with Crippen molar-refractivity contribution in [1.82, 2.24) is 5.32 Å². The average molecular weight is 286 g/mol. The Morgan fingerprint density at radius 1 is 1.53 bits per heavy atom. The third kappa shape index (κ3) is 4.50. The second-order valence-corrected chi connectivity index (χ2v) is 4.59. The van der Waals surface area contributed by atoms with Crippen LogP contribution in [0.2, 0.25) is 5.02 Å². The number of benzene rings is 1. The molecule has 1 rings (SSSR count). The first kappa shape index (κ1) is 15.4.